The van der Waals surface area contributed by atoms with E-state index in [0.29, 0.717) is 12.8 Å². The van der Waals surface area contributed by atoms with Crippen molar-refractivity contribution in [3.05, 3.63) is 0 Å². The van der Waals surface area contributed by atoms with E-state index in [1.54, 1.807) is 6.92 Å². The quantitative estimate of drug-likeness (QED) is 0.142. The van der Waals surface area contributed by atoms with E-state index in [1.807, 2.05) is 5.43 Å². The summed E-state index contributed by atoms with van der Waals surface area (Å²) in [6.07, 6.45) is 1.34. The van der Waals surface area contributed by atoms with Gasteiger partial charge in [-0.05, 0) is 19.8 Å². The van der Waals surface area contributed by atoms with Crippen molar-refractivity contribution in [3.63, 3.8) is 0 Å². The molecule has 0 bridgehead atoms. The standard InChI is InChI=1S/C12H22N4O5/c1-2-21-12(20)8-7-11(19)16-15-10(18)6-4-3-5-9(17)14-13/h2-8,13H2,1H3,(H,14,17)(H,15,18)(H,16,19). The highest BCUT2D eigenvalue weighted by Crippen LogP contribution is 1.99. The Bertz CT molecular complexity index is 373. The number of nitrogens with two attached hydrogens (primary N) is 1. The van der Waals surface area contributed by atoms with E-state index in [0.717, 1.165) is 0 Å². The summed E-state index contributed by atoms with van der Waals surface area (Å²) in [5.74, 6) is 3.31. The first-order valence-electron chi connectivity index (χ1n) is 6.72. The van der Waals surface area contributed by atoms with Crippen LogP contribution in [-0.2, 0) is 23.9 Å². The number of amides is 3. The highest BCUT2D eigenvalue weighted by atomic mass is 16.5. The van der Waals surface area contributed by atoms with Crippen molar-refractivity contribution < 1.29 is 23.9 Å². The summed E-state index contributed by atoms with van der Waals surface area (Å²) in [7, 11) is 0. The average molecular weight is 302 g/mol. The predicted molar refractivity (Wildman–Crippen MR) is 73.0 cm³/mol. The van der Waals surface area contributed by atoms with Crippen molar-refractivity contribution in [2.75, 3.05) is 6.61 Å². The molecule has 0 aliphatic rings. The third-order valence-electron chi connectivity index (χ3n) is 2.42. The van der Waals surface area contributed by atoms with Crippen molar-refractivity contribution in [1.29, 1.82) is 0 Å². The Balaban J connectivity index is 3.61. The van der Waals surface area contributed by atoms with Gasteiger partial charge in [-0.25, -0.2) is 5.84 Å². The van der Waals surface area contributed by atoms with Gasteiger partial charge in [-0.3, -0.25) is 35.5 Å². The molecule has 0 rings (SSSR count). The number of hydrogen-bond donors (Lipinski definition) is 4. The van der Waals surface area contributed by atoms with E-state index in [2.05, 4.69) is 15.6 Å². The topological polar surface area (TPSA) is 140 Å². The van der Waals surface area contributed by atoms with Crippen LogP contribution in [0.2, 0.25) is 0 Å². The zero-order valence-electron chi connectivity index (χ0n) is 12.1. The molecule has 0 saturated carbocycles. The van der Waals surface area contributed by atoms with Crippen LogP contribution in [0.15, 0.2) is 0 Å². The van der Waals surface area contributed by atoms with Crippen LogP contribution >= 0.6 is 0 Å². The lowest BCUT2D eigenvalue weighted by Gasteiger charge is -2.07. The van der Waals surface area contributed by atoms with Gasteiger partial charge >= 0.3 is 5.97 Å². The lowest BCUT2D eigenvalue weighted by atomic mass is 10.2. The molecule has 0 saturated heterocycles. The van der Waals surface area contributed by atoms with Crippen LogP contribution in [0.3, 0.4) is 0 Å². The van der Waals surface area contributed by atoms with Gasteiger partial charge in [-0.1, -0.05) is 0 Å². The molecule has 5 N–H and O–H groups in total. The van der Waals surface area contributed by atoms with Crippen molar-refractivity contribution >= 4 is 23.7 Å². The highest BCUT2D eigenvalue weighted by Gasteiger charge is 2.08. The number of esters is 1. The fourth-order valence-electron chi connectivity index (χ4n) is 1.36. The van der Waals surface area contributed by atoms with Crippen molar-refractivity contribution in [2.45, 2.75) is 45.4 Å². The molecule has 9 heteroatoms. The van der Waals surface area contributed by atoms with Crippen LogP contribution in [0.1, 0.15) is 45.4 Å². The van der Waals surface area contributed by atoms with Gasteiger partial charge in [0.25, 0.3) is 0 Å². The van der Waals surface area contributed by atoms with E-state index in [1.165, 1.54) is 0 Å². The molecule has 0 aromatic rings. The van der Waals surface area contributed by atoms with Crippen molar-refractivity contribution in [3.8, 4) is 0 Å². The number of carbonyl (C=O) groups excluding carboxylic acids is 4. The molecule has 9 nitrogen and oxygen atoms in total. The number of unbranched alkanes of at least 4 members (excludes halogenated alkanes) is 1. The molecule has 0 heterocycles. The summed E-state index contributed by atoms with van der Waals surface area (Å²) in [6.45, 7) is 1.94. The van der Waals surface area contributed by atoms with Crippen LogP contribution in [0, 0.1) is 0 Å². The van der Waals surface area contributed by atoms with Crippen molar-refractivity contribution in [2.24, 2.45) is 5.84 Å². The molecule has 0 unspecified atom stereocenters. The predicted octanol–water partition coefficient (Wildman–Crippen LogP) is -0.973. The normalized spacial score (nSPS) is 9.62. The number of rotatable bonds is 9. The SMILES string of the molecule is CCOC(=O)CCC(=O)NNC(=O)CCCCC(=O)NN. The fraction of sp³-hybridized carbons (Fsp3) is 0.667. The Morgan fingerprint density at radius 3 is 1.90 bits per heavy atom. The molecule has 3 amide bonds. The van der Waals surface area contributed by atoms with E-state index in [4.69, 9.17) is 5.84 Å². The number of carbonyl (C=O) groups is 4. The average Bonchev–Trinajstić information content (AvgIpc) is 2.47. The largest absolute Gasteiger partial charge is 0.466 e. The highest BCUT2D eigenvalue weighted by molar-refractivity contribution is 5.84. The van der Waals surface area contributed by atoms with Crippen LogP contribution in [-0.4, -0.2) is 30.3 Å². The van der Waals surface area contributed by atoms with Gasteiger partial charge in [0.05, 0.1) is 13.0 Å². The molecule has 0 fully saturated rings. The number of nitrogens with one attached hydrogen (secondary N) is 3. The molecule has 0 radical (unpaired) electrons. The Labute approximate surface area is 122 Å². The third-order valence-corrected chi connectivity index (χ3v) is 2.42. The smallest absolute Gasteiger partial charge is 0.306 e. The van der Waals surface area contributed by atoms with E-state index in [9.17, 15) is 19.2 Å². The lowest BCUT2D eigenvalue weighted by Crippen LogP contribution is -2.41. The van der Waals surface area contributed by atoms with Gasteiger partial charge < -0.3 is 4.74 Å². The third kappa shape index (κ3) is 11.4. The zero-order valence-corrected chi connectivity index (χ0v) is 12.1. The minimum atomic E-state index is -0.473. The Kier molecular flexibility index (Phi) is 10.5. The maximum Gasteiger partial charge on any atom is 0.306 e. The molecule has 21 heavy (non-hydrogen) atoms. The molecule has 0 aromatic heterocycles. The first kappa shape index (κ1) is 18.8. The monoisotopic (exact) mass is 302 g/mol. The van der Waals surface area contributed by atoms with Gasteiger partial charge in [0.15, 0.2) is 0 Å². The summed E-state index contributed by atoms with van der Waals surface area (Å²) >= 11 is 0. The van der Waals surface area contributed by atoms with Gasteiger partial charge in [0.1, 0.15) is 0 Å². The first-order chi connectivity index (χ1) is 9.99. The molecule has 0 aliphatic carbocycles. The maximum atomic E-state index is 11.4. The molecular formula is C12H22N4O5. The Morgan fingerprint density at radius 1 is 0.857 bits per heavy atom. The van der Waals surface area contributed by atoms with Crippen LogP contribution in [0.5, 0.6) is 0 Å². The van der Waals surface area contributed by atoms with Crippen LogP contribution in [0.25, 0.3) is 0 Å². The molecule has 120 valence electrons. The summed E-state index contributed by atoms with van der Waals surface area (Å²) < 4.78 is 4.66. The molecule has 0 spiro atoms. The summed E-state index contributed by atoms with van der Waals surface area (Å²) in [4.78, 5) is 44.5. The fourth-order valence-corrected chi connectivity index (χ4v) is 1.36. The second-order valence-electron chi connectivity index (χ2n) is 4.18. The Morgan fingerprint density at radius 2 is 1.38 bits per heavy atom. The van der Waals surface area contributed by atoms with Gasteiger partial charge in [-0.2, -0.15) is 0 Å². The van der Waals surface area contributed by atoms with Gasteiger partial charge in [0.2, 0.25) is 17.7 Å². The summed E-state index contributed by atoms with van der Waals surface area (Å²) in [5, 5.41) is 0. The second-order valence-corrected chi connectivity index (χ2v) is 4.18. The molecule has 0 aliphatic heterocycles. The zero-order chi connectivity index (χ0) is 16.1. The molecule has 0 atom stereocenters. The second kappa shape index (κ2) is 11.6. The van der Waals surface area contributed by atoms with E-state index in [-0.39, 0.29) is 44.1 Å². The number of hydrogen-bond acceptors (Lipinski definition) is 6. The first-order valence-corrected chi connectivity index (χ1v) is 6.72. The van der Waals surface area contributed by atoms with E-state index < -0.39 is 11.9 Å². The molecular weight excluding hydrogens is 280 g/mol. The Hall–Kier alpha value is -2.16. The van der Waals surface area contributed by atoms with Crippen LogP contribution < -0.4 is 22.1 Å². The lowest BCUT2D eigenvalue weighted by molar-refractivity contribution is -0.144. The minimum Gasteiger partial charge on any atom is -0.466 e. The number of ether oxygens (including phenoxy) is 1. The minimum absolute atomic E-state index is 0.0380. The maximum absolute atomic E-state index is 11.4. The molecule has 0 aromatic carbocycles. The van der Waals surface area contributed by atoms with E-state index >= 15 is 0 Å². The number of hydrazine groups is 2. The van der Waals surface area contributed by atoms with Gasteiger partial charge in [0, 0.05) is 19.3 Å². The van der Waals surface area contributed by atoms with Gasteiger partial charge in [-0.15, -0.1) is 0 Å². The van der Waals surface area contributed by atoms with Crippen LogP contribution in [0.4, 0.5) is 0 Å². The summed E-state index contributed by atoms with van der Waals surface area (Å²) in [5.41, 5.74) is 6.41. The summed E-state index contributed by atoms with van der Waals surface area (Å²) in [6, 6.07) is 0. The van der Waals surface area contributed by atoms with Crippen molar-refractivity contribution in [1.82, 2.24) is 16.3 Å².